The second kappa shape index (κ2) is 5.76. The van der Waals surface area contributed by atoms with Crippen molar-refractivity contribution in [2.75, 3.05) is 6.61 Å². The van der Waals surface area contributed by atoms with Gasteiger partial charge >= 0.3 is 6.16 Å². The second-order valence-corrected chi connectivity index (χ2v) is 3.51. The Hall–Kier alpha value is 0. The quantitative estimate of drug-likeness (QED) is 0.442. The minimum atomic E-state index is -0.580. The molecular formula is C6H11IO3. The van der Waals surface area contributed by atoms with Crippen LogP contribution in [0.3, 0.4) is 0 Å². The minimum absolute atomic E-state index is 0.123. The van der Waals surface area contributed by atoms with Crippen molar-refractivity contribution in [3.05, 3.63) is 0 Å². The molecule has 0 aromatic heterocycles. The van der Waals surface area contributed by atoms with Crippen LogP contribution >= 0.6 is 22.6 Å². The van der Waals surface area contributed by atoms with Crippen LogP contribution in [0.15, 0.2) is 0 Å². The topological polar surface area (TPSA) is 35.5 Å². The molecule has 0 saturated carbocycles. The van der Waals surface area contributed by atoms with Crippen molar-refractivity contribution in [1.29, 1.82) is 0 Å². The lowest BCUT2D eigenvalue weighted by Crippen LogP contribution is -2.11. The van der Waals surface area contributed by atoms with Gasteiger partial charge < -0.3 is 9.47 Å². The molecule has 0 rings (SSSR count). The summed E-state index contributed by atoms with van der Waals surface area (Å²) in [5.74, 6) is 0. The van der Waals surface area contributed by atoms with Crippen molar-refractivity contribution >= 4 is 28.7 Å². The van der Waals surface area contributed by atoms with Crippen LogP contribution in [-0.2, 0) is 9.47 Å². The van der Waals surface area contributed by atoms with Gasteiger partial charge in [-0.2, -0.15) is 0 Å². The van der Waals surface area contributed by atoms with E-state index in [9.17, 15) is 4.79 Å². The van der Waals surface area contributed by atoms with Gasteiger partial charge in [-0.3, -0.25) is 0 Å². The average molecular weight is 258 g/mol. The van der Waals surface area contributed by atoms with Crippen LogP contribution in [0.25, 0.3) is 0 Å². The van der Waals surface area contributed by atoms with Crippen molar-refractivity contribution in [3.63, 3.8) is 0 Å². The highest BCUT2D eigenvalue weighted by molar-refractivity contribution is 14.1. The van der Waals surface area contributed by atoms with Crippen molar-refractivity contribution in [1.82, 2.24) is 0 Å². The van der Waals surface area contributed by atoms with Gasteiger partial charge in [0.25, 0.3) is 0 Å². The summed E-state index contributed by atoms with van der Waals surface area (Å²) in [4.78, 5) is 10.6. The molecule has 10 heavy (non-hydrogen) atoms. The van der Waals surface area contributed by atoms with Crippen LogP contribution in [0.1, 0.15) is 20.3 Å². The van der Waals surface area contributed by atoms with Gasteiger partial charge in [0.15, 0.2) is 4.11 Å². The largest absolute Gasteiger partial charge is 0.509 e. The maximum absolute atomic E-state index is 10.6. The molecule has 0 N–H and O–H groups in total. The first kappa shape index (κ1) is 10.0. The summed E-state index contributed by atoms with van der Waals surface area (Å²) in [5, 5.41) is 0. The van der Waals surface area contributed by atoms with Gasteiger partial charge in [-0.1, -0.05) is 6.92 Å². The Morgan fingerprint density at radius 2 is 2.30 bits per heavy atom. The monoisotopic (exact) mass is 258 g/mol. The maximum Gasteiger partial charge on any atom is 0.509 e. The molecule has 0 bridgehead atoms. The summed E-state index contributed by atoms with van der Waals surface area (Å²) < 4.78 is 9.19. The molecule has 0 spiro atoms. The van der Waals surface area contributed by atoms with E-state index in [2.05, 4.69) is 9.47 Å². The van der Waals surface area contributed by atoms with Gasteiger partial charge in [-0.15, -0.1) is 0 Å². The van der Waals surface area contributed by atoms with E-state index in [0.29, 0.717) is 6.61 Å². The number of carbonyl (C=O) groups is 1. The molecule has 0 radical (unpaired) electrons. The third-order valence-electron chi connectivity index (χ3n) is 0.683. The van der Waals surface area contributed by atoms with Crippen molar-refractivity contribution in [2.24, 2.45) is 0 Å². The molecule has 4 heteroatoms. The van der Waals surface area contributed by atoms with Crippen LogP contribution in [-0.4, -0.2) is 16.9 Å². The van der Waals surface area contributed by atoms with Gasteiger partial charge in [-0.25, -0.2) is 4.79 Å². The zero-order valence-corrected chi connectivity index (χ0v) is 8.25. The lowest BCUT2D eigenvalue weighted by Gasteiger charge is -2.05. The van der Waals surface area contributed by atoms with Crippen LogP contribution in [0.2, 0.25) is 0 Å². The van der Waals surface area contributed by atoms with E-state index in [0.717, 1.165) is 6.42 Å². The summed E-state index contributed by atoms with van der Waals surface area (Å²) in [6.45, 7) is 4.14. The number of ether oxygens (including phenoxy) is 2. The number of hydrogen-bond donors (Lipinski definition) is 0. The number of halogens is 1. The van der Waals surface area contributed by atoms with E-state index < -0.39 is 6.16 Å². The van der Waals surface area contributed by atoms with Crippen LogP contribution in [0.4, 0.5) is 4.79 Å². The predicted octanol–water partition coefficient (Wildman–Crippen LogP) is 2.33. The minimum Gasteiger partial charge on any atom is -0.434 e. The Labute approximate surface area is 74.2 Å². The highest BCUT2D eigenvalue weighted by Gasteiger charge is 2.05. The summed E-state index contributed by atoms with van der Waals surface area (Å²) in [7, 11) is 0. The molecule has 0 aliphatic heterocycles. The highest BCUT2D eigenvalue weighted by atomic mass is 127. The summed E-state index contributed by atoms with van der Waals surface area (Å²) in [5.41, 5.74) is 0. The van der Waals surface area contributed by atoms with Gasteiger partial charge in [0.1, 0.15) is 0 Å². The molecule has 0 amide bonds. The van der Waals surface area contributed by atoms with Crippen LogP contribution in [0.5, 0.6) is 0 Å². The Morgan fingerprint density at radius 1 is 1.70 bits per heavy atom. The SMILES string of the molecule is CCCOC(=O)OC(C)I. The summed E-state index contributed by atoms with van der Waals surface area (Å²) >= 11 is 1.99. The van der Waals surface area contributed by atoms with Crippen LogP contribution in [0, 0.1) is 0 Å². The van der Waals surface area contributed by atoms with Gasteiger partial charge in [0, 0.05) is 0 Å². The molecule has 1 unspecified atom stereocenters. The van der Waals surface area contributed by atoms with E-state index in [1.165, 1.54) is 0 Å². The third-order valence-corrected chi connectivity index (χ3v) is 0.937. The number of alkyl halides is 1. The van der Waals surface area contributed by atoms with Crippen LogP contribution < -0.4 is 0 Å². The molecule has 60 valence electrons. The molecule has 0 aliphatic carbocycles. The third kappa shape index (κ3) is 6.12. The molecule has 1 atom stereocenters. The first-order chi connectivity index (χ1) is 4.66. The number of rotatable bonds is 3. The van der Waals surface area contributed by atoms with E-state index in [4.69, 9.17) is 0 Å². The maximum atomic E-state index is 10.6. The highest BCUT2D eigenvalue weighted by Crippen LogP contribution is 2.01. The lowest BCUT2D eigenvalue weighted by molar-refractivity contribution is 0.0550. The van der Waals surface area contributed by atoms with Crippen molar-refractivity contribution in [2.45, 2.75) is 24.4 Å². The zero-order valence-electron chi connectivity index (χ0n) is 6.09. The van der Waals surface area contributed by atoms with E-state index >= 15 is 0 Å². The summed E-state index contributed by atoms with van der Waals surface area (Å²) in [6.07, 6.45) is 0.244. The standard InChI is InChI=1S/C6H11IO3/c1-3-4-9-6(8)10-5(2)7/h5H,3-4H2,1-2H3. The zero-order chi connectivity index (χ0) is 7.98. The average Bonchev–Trinajstić information content (AvgIpc) is 1.82. The lowest BCUT2D eigenvalue weighted by atomic mass is 10.5. The van der Waals surface area contributed by atoms with Crippen molar-refractivity contribution < 1.29 is 14.3 Å². The Morgan fingerprint density at radius 3 is 2.70 bits per heavy atom. The number of carbonyl (C=O) groups excluding carboxylic acids is 1. The fourth-order valence-electron chi connectivity index (χ4n) is 0.352. The molecule has 0 aliphatic rings. The Kier molecular flexibility index (Phi) is 5.76. The van der Waals surface area contributed by atoms with Gasteiger partial charge in [0.2, 0.25) is 0 Å². The van der Waals surface area contributed by atoms with Crippen molar-refractivity contribution in [3.8, 4) is 0 Å². The molecule has 0 saturated heterocycles. The molecule has 0 aromatic carbocycles. The number of hydrogen-bond acceptors (Lipinski definition) is 3. The predicted molar refractivity (Wildman–Crippen MR) is 46.2 cm³/mol. The Balaban J connectivity index is 3.26. The van der Waals surface area contributed by atoms with Gasteiger partial charge in [-0.05, 0) is 35.9 Å². The van der Waals surface area contributed by atoms with Gasteiger partial charge in [0.05, 0.1) is 6.61 Å². The first-order valence-electron chi connectivity index (χ1n) is 3.14. The van der Waals surface area contributed by atoms with E-state index in [1.54, 1.807) is 6.92 Å². The fourth-order valence-corrected chi connectivity index (χ4v) is 0.560. The Bertz CT molecular complexity index is 103. The van der Waals surface area contributed by atoms with E-state index in [1.807, 2.05) is 29.5 Å². The molecule has 0 aromatic rings. The molecule has 0 fully saturated rings. The molecule has 0 heterocycles. The fraction of sp³-hybridized carbons (Fsp3) is 0.833. The first-order valence-corrected chi connectivity index (χ1v) is 4.39. The van der Waals surface area contributed by atoms with E-state index in [-0.39, 0.29) is 4.11 Å². The molecule has 3 nitrogen and oxygen atoms in total. The smallest absolute Gasteiger partial charge is 0.434 e. The summed E-state index contributed by atoms with van der Waals surface area (Å²) in [6, 6.07) is 0. The molecular weight excluding hydrogens is 247 g/mol. The normalized spacial score (nSPS) is 12.3. The second-order valence-electron chi connectivity index (χ2n) is 1.76.